The van der Waals surface area contributed by atoms with Crippen LogP contribution < -0.4 is 0 Å². The third-order valence-corrected chi connectivity index (χ3v) is 2.73. The molecule has 0 aliphatic carbocycles. The van der Waals surface area contributed by atoms with Gasteiger partial charge in [-0.05, 0) is 0 Å². The molecular weight excluding hydrogens is 162 g/mol. The second-order valence-electron chi connectivity index (χ2n) is 2.58. The molecule has 1 aromatic rings. The van der Waals surface area contributed by atoms with Crippen molar-refractivity contribution in [1.29, 1.82) is 0 Å². The standard InChI is InChI=1S/C7H9NO2S/c9-6-4-10-3-5(6)7-8-1-2-11-7/h1-2,5-6,9H,3-4H2/t5-,6-/m1/s1. The van der Waals surface area contributed by atoms with Crippen molar-refractivity contribution in [3.05, 3.63) is 16.6 Å². The summed E-state index contributed by atoms with van der Waals surface area (Å²) in [6.45, 7) is 1.05. The number of ether oxygens (including phenoxy) is 1. The Morgan fingerprint density at radius 1 is 1.64 bits per heavy atom. The molecule has 0 unspecified atom stereocenters. The number of hydrogen-bond donors (Lipinski definition) is 1. The first-order chi connectivity index (χ1) is 5.38. The van der Waals surface area contributed by atoms with Gasteiger partial charge in [0, 0.05) is 11.6 Å². The highest BCUT2D eigenvalue weighted by Gasteiger charge is 2.29. The number of nitrogens with zero attached hydrogens (tertiary/aromatic N) is 1. The van der Waals surface area contributed by atoms with Crippen LogP contribution in [0.1, 0.15) is 10.9 Å². The molecule has 0 aromatic carbocycles. The van der Waals surface area contributed by atoms with Gasteiger partial charge >= 0.3 is 0 Å². The van der Waals surface area contributed by atoms with Gasteiger partial charge in [-0.3, -0.25) is 0 Å². The van der Waals surface area contributed by atoms with E-state index in [1.807, 2.05) is 5.38 Å². The summed E-state index contributed by atoms with van der Waals surface area (Å²) in [6.07, 6.45) is 1.39. The van der Waals surface area contributed by atoms with Crippen molar-refractivity contribution in [1.82, 2.24) is 4.98 Å². The Kier molecular flexibility index (Phi) is 1.89. The fourth-order valence-electron chi connectivity index (χ4n) is 1.20. The Morgan fingerprint density at radius 2 is 2.55 bits per heavy atom. The summed E-state index contributed by atoms with van der Waals surface area (Å²) < 4.78 is 5.11. The molecule has 60 valence electrons. The number of thiazole rings is 1. The molecule has 1 saturated heterocycles. The highest BCUT2D eigenvalue weighted by molar-refractivity contribution is 7.09. The van der Waals surface area contributed by atoms with Gasteiger partial charge in [-0.25, -0.2) is 4.98 Å². The molecule has 0 radical (unpaired) electrons. The van der Waals surface area contributed by atoms with E-state index in [4.69, 9.17) is 4.74 Å². The summed E-state index contributed by atoms with van der Waals surface area (Å²) in [7, 11) is 0. The van der Waals surface area contributed by atoms with Crippen LogP contribution in [0.5, 0.6) is 0 Å². The Bertz CT molecular complexity index is 224. The van der Waals surface area contributed by atoms with E-state index in [0.717, 1.165) is 5.01 Å². The van der Waals surface area contributed by atoms with E-state index >= 15 is 0 Å². The molecule has 2 heterocycles. The van der Waals surface area contributed by atoms with Gasteiger partial charge in [-0.15, -0.1) is 11.3 Å². The van der Waals surface area contributed by atoms with E-state index in [2.05, 4.69) is 4.98 Å². The normalized spacial score (nSPS) is 31.0. The maximum absolute atomic E-state index is 9.40. The molecule has 2 rings (SSSR count). The summed E-state index contributed by atoms with van der Waals surface area (Å²) >= 11 is 1.57. The molecule has 1 aliphatic heterocycles. The lowest BCUT2D eigenvalue weighted by atomic mass is 10.1. The number of hydrogen-bond acceptors (Lipinski definition) is 4. The summed E-state index contributed by atoms with van der Waals surface area (Å²) in [5.74, 6) is 0.106. The van der Waals surface area contributed by atoms with Crippen LogP contribution in [0.4, 0.5) is 0 Å². The average Bonchev–Trinajstić information content (AvgIpc) is 2.55. The zero-order valence-corrected chi connectivity index (χ0v) is 6.75. The fourth-order valence-corrected chi connectivity index (χ4v) is 1.98. The van der Waals surface area contributed by atoms with Gasteiger partial charge in [-0.1, -0.05) is 0 Å². The van der Waals surface area contributed by atoms with Crippen molar-refractivity contribution in [2.24, 2.45) is 0 Å². The Morgan fingerprint density at radius 3 is 3.09 bits per heavy atom. The minimum absolute atomic E-state index is 0.106. The third kappa shape index (κ3) is 1.29. The smallest absolute Gasteiger partial charge is 0.101 e. The van der Waals surface area contributed by atoms with E-state index < -0.39 is 0 Å². The van der Waals surface area contributed by atoms with Crippen LogP contribution in [0.15, 0.2) is 11.6 Å². The molecule has 0 bridgehead atoms. The number of rotatable bonds is 1. The second kappa shape index (κ2) is 2.89. The topological polar surface area (TPSA) is 42.4 Å². The number of aromatic nitrogens is 1. The van der Waals surface area contributed by atoms with E-state index in [-0.39, 0.29) is 12.0 Å². The molecule has 4 heteroatoms. The summed E-state index contributed by atoms with van der Waals surface area (Å²) in [5, 5.41) is 12.3. The predicted octanol–water partition coefficient (Wildman–Crippen LogP) is 0.618. The van der Waals surface area contributed by atoms with Crippen molar-refractivity contribution in [3.8, 4) is 0 Å². The second-order valence-corrected chi connectivity index (χ2v) is 3.51. The van der Waals surface area contributed by atoms with Crippen molar-refractivity contribution in [3.63, 3.8) is 0 Å². The molecule has 2 atom stereocenters. The quantitative estimate of drug-likeness (QED) is 0.673. The first kappa shape index (κ1) is 7.21. The van der Waals surface area contributed by atoms with E-state index in [1.54, 1.807) is 17.5 Å². The molecular formula is C7H9NO2S. The minimum Gasteiger partial charge on any atom is -0.390 e. The summed E-state index contributed by atoms with van der Waals surface area (Å²) in [4.78, 5) is 4.13. The molecule has 1 aliphatic rings. The maximum Gasteiger partial charge on any atom is 0.101 e. The van der Waals surface area contributed by atoms with Crippen molar-refractivity contribution >= 4 is 11.3 Å². The SMILES string of the molecule is O[C@@H]1COC[C@H]1c1nccs1. The van der Waals surface area contributed by atoms with Crippen LogP contribution in [0.3, 0.4) is 0 Å². The zero-order valence-electron chi connectivity index (χ0n) is 5.93. The number of aliphatic hydroxyl groups is 1. The van der Waals surface area contributed by atoms with Crippen LogP contribution in [0.25, 0.3) is 0 Å². The highest BCUT2D eigenvalue weighted by atomic mass is 32.1. The highest BCUT2D eigenvalue weighted by Crippen LogP contribution is 2.26. The Hall–Kier alpha value is -0.450. The van der Waals surface area contributed by atoms with Crippen LogP contribution in [-0.4, -0.2) is 29.4 Å². The first-order valence-electron chi connectivity index (χ1n) is 3.53. The first-order valence-corrected chi connectivity index (χ1v) is 4.41. The summed E-state index contributed by atoms with van der Waals surface area (Å²) in [5.41, 5.74) is 0. The van der Waals surface area contributed by atoms with Crippen molar-refractivity contribution < 1.29 is 9.84 Å². The predicted molar refractivity (Wildman–Crippen MR) is 41.7 cm³/mol. The molecule has 1 N–H and O–H groups in total. The molecule has 1 fully saturated rings. The van der Waals surface area contributed by atoms with Crippen LogP contribution in [0, 0.1) is 0 Å². The summed E-state index contributed by atoms with van der Waals surface area (Å²) in [6, 6.07) is 0. The third-order valence-electron chi connectivity index (χ3n) is 1.82. The van der Waals surface area contributed by atoms with Crippen LogP contribution >= 0.6 is 11.3 Å². The van der Waals surface area contributed by atoms with Gasteiger partial charge in [0.25, 0.3) is 0 Å². The monoisotopic (exact) mass is 171 g/mol. The van der Waals surface area contributed by atoms with E-state index in [9.17, 15) is 5.11 Å². The molecule has 0 spiro atoms. The molecule has 3 nitrogen and oxygen atoms in total. The van der Waals surface area contributed by atoms with E-state index in [1.165, 1.54) is 0 Å². The van der Waals surface area contributed by atoms with Gasteiger partial charge in [0.2, 0.25) is 0 Å². The zero-order chi connectivity index (χ0) is 7.68. The van der Waals surface area contributed by atoms with Crippen LogP contribution in [0.2, 0.25) is 0 Å². The lowest BCUT2D eigenvalue weighted by Gasteiger charge is -2.06. The van der Waals surface area contributed by atoms with Gasteiger partial charge in [0.05, 0.1) is 25.2 Å². The molecule has 1 aromatic heterocycles. The Balaban J connectivity index is 2.16. The van der Waals surface area contributed by atoms with Gasteiger partial charge in [-0.2, -0.15) is 0 Å². The average molecular weight is 171 g/mol. The number of aliphatic hydroxyl groups excluding tert-OH is 1. The molecule has 0 amide bonds. The molecule has 11 heavy (non-hydrogen) atoms. The largest absolute Gasteiger partial charge is 0.390 e. The molecule has 0 saturated carbocycles. The van der Waals surface area contributed by atoms with Crippen molar-refractivity contribution in [2.75, 3.05) is 13.2 Å². The van der Waals surface area contributed by atoms with Gasteiger partial charge in [0.15, 0.2) is 0 Å². The lowest BCUT2D eigenvalue weighted by molar-refractivity contribution is 0.124. The maximum atomic E-state index is 9.40. The minimum atomic E-state index is -0.360. The van der Waals surface area contributed by atoms with Crippen molar-refractivity contribution in [2.45, 2.75) is 12.0 Å². The van der Waals surface area contributed by atoms with Crippen LogP contribution in [-0.2, 0) is 4.74 Å². The Labute approximate surface area is 68.7 Å². The van der Waals surface area contributed by atoms with E-state index in [0.29, 0.717) is 13.2 Å². The fraction of sp³-hybridized carbons (Fsp3) is 0.571. The lowest BCUT2D eigenvalue weighted by Crippen LogP contribution is -2.15. The van der Waals surface area contributed by atoms with Gasteiger partial charge in [0.1, 0.15) is 5.01 Å². The van der Waals surface area contributed by atoms with Gasteiger partial charge < -0.3 is 9.84 Å².